The number of hydrogen-bond acceptors (Lipinski definition) is 4. The third-order valence-corrected chi connectivity index (χ3v) is 1.38. The molecule has 0 aliphatic rings. The molecule has 0 unspecified atom stereocenters. The van der Waals surface area contributed by atoms with Crippen LogP contribution < -0.4 is 5.32 Å². The lowest BCUT2D eigenvalue weighted by Gasteiger charge is -2.02. The Balaban J connectivity index is 2.89. The molecule has 0 amide bonds. The number of anilines is 1. The van der Waals surface area contributed by atoms with E-state index in [1.54, 1.807) is 19.1 Å². The van der Waals surface area contributed by atoms with Gasteiger partial charge in [-0.25, -0.2) is 9.97 Å². The van der Waals surface area contributed by atoms with Gasteiger partial charge in [-0.2, -0.15) is 5.26 Å². The molecule has 0 atom stereocenters. The third kappa shape index (κ3) is 2.56. The second-order valence-electron chi connectivity index (χ2n) is 2.47. The number of rotatable bonds is 3. The Morgan fingerprint density at radius 2 is 2.46 bits per heavy atom. The van der Waals surface area contributed by atoms with E-state index in [0.29, 0.717) is 23.9 Å². The SMILES string of the molecule is C=CCNc1cc(C#N)nc(C)n1. The van der Waals surface area contributed by atoms with Crippen LogP contribution in [0.2, 0.25) is 0 Å². The van der Waals surface area contributed by atoms with Gasteiger partial charge in [-0.3, -0.25) is 0 Å². The summed E-state index contributed by atoms with van der Waals surface area (Å²) in [5.74, 6) is 1.24. The molecule has 1 rings (SSSR count). The van der Waals surface area contributed by atoms with Crippen LogP contribution in [0.4, 0.5) is 5.82 Å². The molecule has 4 heteroatoms. The van der Waals surface area contributed by atoms with Crippen LogP contribution in [-0.2, 0) is 0 Å². The van der Waals surface area contributed by atoms with Gasteiger partial charge in [-0.1, -0.05) is 6.08 Å². The number of nitrogens with zero attached hydrogens (tertiary/aromatic N) is 3. The summed E-state index contributed by atoms with van der Waals surface area (Å²) in [5, 5.41) is 11.6. The average molecular weight is 174 g/mol. The molecular formula is C9H10N4. The lowest BCUT2D eigenvalue weighted by Crippen LogP contribution is -2.03. The second kappa shape index (κ2) is 4.21. The van der Waals surface area contributed by atoms with Crippen LogP contribution in [-0.4, -0.2) is 16.5 Å². The molecule has 66 valence electrons. The van der Waals surface area contributed by atoms with E-state index in [-0.39, 0.29) is 0 Å². The monoisotopic (exact) mass is 174 g/mol. The zero-order valence-corrected chi connectivity index (χ0v) is 7.41. The number of nitrogens with one attached hydrogen (secondary N) is 1. The standard InChI is InChI=1S/C9H10N4/c1-3-4-11-9-5-8(6-10)12-7(2)13-9/h3,5H,1,4H2,2H3,(H,11,12,13). The molecule has 1 N–H and O–H groups in total. The first-order valence-corrected chi connectivity index (χ1v) is 3.87. The molecule has 0 spiro atoms. The lowest BCUT2D eigenvalue weighted by molar-refractivity contribution is 1.03. The van der Waals surface area contributed by atoms with Crippen LogP contribution in [0.25, 0.3) is 0 Å². The number of aromatic nitrogens is 2. The summed E-state index contributed by atoms with van der Waals surface area (Å²) in [6, 6.07) is 3.58. The van der Waals surface area contributed by atoms with Crippen molar-refractivity contribution in [3.8, 4) is 6.07 Å². The molecule has 1 aromatic heterocycles. The minimum absolute atomic E-state index is 0.374. The van der Waals surface area contributed by atoms with E-state index in [2.05, 4.69) is 21.9 Å². The van der Waals surface area contributed by atoms with Crippen LogP contribution in [0, 0.1) is 18.3 Å². The van der Waals surface area contributed by atoms with Gasteiger partial charge in [0, 0.05) is 12.6 Å². The Labute approximate surface area is 76.9 Å². The maximum Gasteiger partial charge on any atom is 0.146 e. The minimum atomic E-state index is 0.374. The molecule has 0 saturated heterocycles. The normalized spacial score (nSPS) is 8.92. The molecule has 0 fully saturated rings. The fourth-order valence-electron chi connectivity index (χ4n) is 0.892. The first-order chi connectivity index (χ1) is 6.26. The van der Waals surface area contributed by atoms with Crippen LogP contribution in [0.1, 0.15) is 11.5 Å². The number of hydrogen-bond donors (Lipinski definition) is 1. The summed E-state index contributed by atoms with van der Waals surface area (Å²) in [6.07, 6.45) is 1.73. The predicted molar refractivity (Wildman–Crippen MR) is 50.2 cm³/mol. The maximum absolute atomic E-state index is 8.62. The Kier molecular flexibility index (Phi) is 2.98. The zero-order chi connectivity index (χ0) is 9.68. The average Bonchev–Trinajstić information content (AvgIpc) is 2.14. The Morgan fingerprint density at radius 1 is 1.69 bits per heavy atom. The van der Waals surface area contributed by atoms with E-state index in [9.17, 15) is 0 Å². The molecule has 1 heterocycles. The fourth-order valence-corrected chi connectivity index (χ4v) is 0.892. The highest BCUT2D eigenvalue weighted by Gasteiger charge is 1.98. The van der Waals surface area contributed by atoms with Crippen molar-refractivity contribution in [2.75, 3.05) is 11.9 Å². The van der Waals surface area contributed by atoms with E-state index in [1.807, 2.05) is 6.07 Å². The molecule has 0 aromatic carbocycles. The van der Waals surface area contributed by atoms with Crippen molar-refractivity contribution >= 4 is 5.82 Å². The number of aryl methyl sites for hydroxylation is 1. The minimum Gasteiger partial charge on any atom is -0.366 e. The lowest BCUT2D eigenvalue weighted by atomic mass is 10.4. The molecule has 0 saturated carbocycles. The molecule has 13 heavy (non-hydrogen) atoms. The zero-order valence-electron chi connectivity index (χ0n) is 7.41. The van der Waals surface area contributed by atoms with Crippen LogP contribution >= 0.6 is 0 Å². The maximum atomic E-state index is 8.62. The Bertz CT molecular complexity index is 351. The summed E-state index contributed by atoms with van der Waals surface area (Å²) in [6.45, 7) is 5.95. The Hall–Kier alpha value is -1.89. The van der Waals surface area contributed by atoms with E-state index >= 15 is 0 Å². The fraction of sp³-hybridized carbons (Fsp3) is 0.222. The summed E-state index contributed by atoms with van der Waals surface area (Å²) >= 11 is 0. The highest BCUT2D eigenvalue weighted by molar-refractivity contribution is 5.40. The molecule has 4 nitrogen and oxygen atoms in total. The van der Waals surface area contributed by atoms with Gasteiger partial charge in [-0.05, 0) is 6.92 Å². The summed E-state index contributed by atoms with van der Waals surface area (Å²) in [4.78, 5) is 8.02. The van der Waals surface area contributed by atoms with Crippen molar-refractivity contribution in [3.05, 3.63) is 30.2 Å². The van der Waals surface area contributed by atoms with Gasteiger partial charge in [0.05, 0.1) is 0 Å². The molecule has 0 aliphatic heterocycles. The molecular weight excluding hydrogens is 164 g/mol. The van der Waals surface area contributed by atoms with Gasteiger partial charge in [0.1, 0.15) is 23.4 Å². The van der Waals surface area contributed by atoms with Crippen molar-refractivity contribution in [2.24, 2.45) is 0 Å². The van der Waals surface area contributed by atoms with Gasteiger partial charge >= 0.3 is 0 Å². The van der Waals surface area contributed by atoms with E-state index in [4.69, 9.17) is 5.26 Å². The van der Waals surface area contributed by atoms with Gasteiger partial charge in [0.25, 0.3) is 0 Å². The Morgan fingerprint density at radius 3 is 3.08 bits per heavy atom. The largest absolute Gasteiger partial charge is 0.366 e. The second-order valence-corrected chi connectivity index (χ2v) is 2.47. The van der Waals surface area contributed by atoms with E-state index < -0.39 is 0 Å². The summed E-state index contributed by atoms with van der Waals surface area (Å²) in [7, 11) is 0. The van der Waals surface area contributed by atoms with E-state index in [1.165, 1.54) is 0 Å². The third-order valence-electron chi connectivity index (χ3n) is 1.38. The molecule has 0 radical (unpaired) electrons. The van der Waals surface area contributed by atoms with Crippen molar-refractivity contribution in [1.82, 2.24) is 9.97 Å². The first kappa shape index (κ1) is 9.20. The van der Waals surface area contributed by atoms with Crippen molar-refractivity contribution in [2.45, 2.75) is 6.92 Å². The van der Waals surface area contributed by atoms with Crippen LogP contribution in [0.5, 0.6) is 0 Å². The highest BCUT2D eigenvalue weighted by atomic mass is 15.0. The van der Waals surface area contributed by atoms with Gasteiger partial charge < -0.3 is 5.32 Å². The topological polar surface area (TPSA) is 61.6 Å². The van der Waals surface area contributed by atoms with E-state index in [0.717, 1.165) is 0 Å². The van der Waals surface area contributed by atoms with Crippen molar-refractivity contribution in [1.29, 1.82) is 5.26 Å². The van der Waals surface area contributed by atoms with Crippen LogP contribution in [0.15, 0.2) is 18.7 Å². The number of nitriles is 1. The summed E-state index contributed by atoms with van der Waals surface area (Å²) in [5.41, 5.74) is 0.374. The predicted octanol–water partition coefficient (Wildman–Crippen LogP) is 1.25. The first-order valence-electron chi connectivity index (χ1n) is 3.87. The quantitative estimate of drug-likeness (QED) is 0.700. The summed E-state index contributed by atoms with van der Waals surface area (Å²) < 4.78 is 0. The van der Waals surface area contributed by atoms with Crippen molar-refractivity contribution < 1.29 is 0 Å². The van der Waals surface area contributed by atoms with Crippen molar-refractivity contribution in [3.63, 3.8) is 0 Å². The van der Waals surface area contributed by atoms with Gasteiger partial charge in [0.2, 0.25) is 0 Å². The smallest absolute Gasteiger partial charge is 0.146 e. The molecule has 0 bridgehead atoms. The van der Waals surface area contributed by atoms with Crippen LogP contribution in [0.3, 0.4) is 0 Å². The van der Waals surface area contributed by atoms with Gasteiger partial charge in [0.15, 0.2) is 0 Å². The molecule has 0 aliphatic carbocycles. The highest BCUT2D eigenvalue weighted by Crippen LogP contribution is 2.04. The van der Waals surface area contributed by atoms with Gasteiger partial charge in [-0.15, -0.1) is 6.58 Å². The molecule has 1 aromatic rings.